The molecule has 0 bridgehead atoms. The summed E-state index contributed by atoms with van der Waals surface area (Å²) in [6.07, 6.45) is -15.7. The highest BCUT2D eigenvalue weighted by Crippen LogP contribution is 2.43. The molecule has 0 amide bonds. The maximum atomic E-state index is 15.0. The van der Waals surface area contributed by atoms with Gasteiger partial charge in [0.05, 0.1) is 19.8 Å². The molecule has 0 aliphatic carbocycles. The van der Waals surface area contributed by atoms with E-state index in [0.717, 1.165) is 38.2 Å². The molecule has 0 unspecified atom stereocenters. The molecule has 0 fully saturated rings. The van der Waals surface area contributed by atoms with E-state index in [1.165, 1.54) is 18.5 Å². The minimum absolute atomic E-state index is 0.0149. The summed E-state index contributed by atoms with van der Waals surface area (Å²) in [7, 11) is 0. The average molecular weight is 641 g/mol. The molecule has 244 valence electrons. The summed E-state index contributed by atoms with van der Waals surface area (Å²) >= 11 is 0. The van der Waals surface area contributed by atoms with Crippen LogP contribution in [0.15, 0.2) is 30.6 Å². The minimum atomic E-state index is -6.45. The maximum Gasteiger partial charge on any atom is 0.527 e. The average Bonchev–Trinajstić information content (AvgIpc) is 2.89. The van der Waals surface area contributed by atoms with Gasteiger partial charge in [-0.05, 0) is 24.6 Å². The van der Waals surface area contributed by atoms with Crippen LogP contribution in [0, 0.1) is 5.82 Å². The van der Waals surface area contributed by atoms with E-state index in [9.17, 15) is 43.9 Å². The van der Waals surface area contributed by atoms with Crippen molar-refractivity contribution in [3.63, 3.8) is 0 Å². The number of ether oxygens (including phenoxy) is 5. The van der Waals surface area contributed by atoms with Crippen molar-refractivity contribution in [2.24, 2.45) is 0 Å². The van der Waals surface area contributed by atoms with Crippen molar-refractivity contribution in [2.75, 3.05) is 26.4 Å². The molecule has 1 heterocycles. The molecular weight excluding hydrogens is 610 g/mol. The largest absolute Gasteiger partial charge is 0.527 e. The van der Waals surface area contributed by atoms with Gasteiger partial charge in [-0.25, -0.2) is 23.8 Å². The second kappa shape index (κ2) is 16.2. The smallest absolute Gasteiger partial charge is 0.490 e. The van der Waals surface area contributed by atoms with Gasteiger partial charge in [-0.1, -0.05) is 39.0 Å². The highest BCUT2D eigenvalue weighted by molar-refractivity contribution is 5.61. The third kappa shape index (κ3) is 12.7. The fraction of sp³-hybridized carbons (Fsp3) is 0.615. The molecule has 43 heavy (non-hydrogen) atoms. The molecule has 0 atom stereocenters. The Morgan fingerprint density at radius 3 is 1.95 bits per heavy atom. The van der Waals surface area contributed by atoms with Gasteiger partial charge in [0, 0.05) is 24.4 Å². The van der Waals surface area contributed by atoms with E-state index in [0.29, 0.717) is 6.42 Å². The highest BCUT2D eigenvalue weighted by atomic mass is 19.4. The van der Waals surface area contributed by atoms with Crippen LogP contribution in [0.1, 0.15) is 51.9 Å². The number of halogens is 10. The predicted octanol–water partition coefficient (Wildman–Crippen LogP) is 8.14. The number of hydrogen-bond donors (Lipinski definition) is 0. The molecule has 1 aromatic carbocycles. The standard InChI is InChI=1S/C26H30F10N2O5/c1-2-3-4-5-6-7-13-40-20-16-18(22-37-10-8-11-38-22)15-19(27)21(20)41-14-9-12-39-17-23(28,29)42-24(30,31)25(32,33)43-26(34,35)36/h8,10-11,15-16H,2-7,9,12-14,17H2,1H3. The van der Waals surface area contributed by atoms with Crippen molar-refractivity contribution < 1.29 is 67.6 Å². The number of benzene rings is 1. The zero-order valence-corrected chi connectivity index (χ0v) is 22.9. The number of alkyl halides is 9. The Bertz CT molecular complexity index is 1110. The summed E-state index contributed by atoms with van der Waals surface area (Å²) in [6, 6.07) is 4.12. The first-order valence-corrected chi connectivity index (χ1v) is 13.1. The van der Waals surface area contributed by atoms with E-state index < -0.39 is 43.7 Å². The Morgan fingerprint density at radius 1 is 0.698 bits per heavy atom. The zero-order valence-electron chi connectivity index (χ0n) is 22.9. The number of rotatable bonds is 20. The van der Waals surface area contributed by atoms with Gasteiger partial charge in [-0.3, -0.25) is 0 Å². The van der Waals surface area contributed by atoms with Crippen LogP contribution in [0.5, 0.6) is 11.5 Å². The van der Waals surface area contributed by atoms with Crippen LogP contribution < -0.4 is 9.47 Å². The molecule has 0 spiro atoms. The van der Waals surface area contributed by atoms with Gasteiger partial charge in [0.25, 0.3) is 0 Å². The molecule has 7 nitrogen and oxygen atoms in total. The highest BCUT2D eigenvalue weighted by Gasteiger charge is 2.67. The molecule has 0 N–H and O–H groups in total. The lowest BCUT2D eigenvalue weighted by atomic mass is 10.1. The minimum Gasteiger partial charge on any atom is -0.490 e. The fourth-order valence-corrected chi connectivity index (χ4v) is 3.46. The monoisotopic (exact) mass is 640 g/mol. The Balaban J connectivity index is 1.93. The molecular formula is C26H30F10N2O5. The first-order valence-electron chi connectivity index (χ1n) is 13.1. The van der Waals surface area contributed by atoms with Gasteiger partial charge in [0.15, 0.2) is 23.1 Å². The van der Waals surface area contributed by atoms with Crippen LogP contribution in [-0.4, -0.2) is 61.1 Å². The van der Waals surface area contributed by atoms with Gasteiger partial charge >= 0.3 is 24.7 Å². The van der Waals surface area contributed by atoms with Crippen LogP contribution in [0.25, 0.3) is 11.4 Å². The third-order valence-electron chi connectivity index (χ3n) is 5.40. The van der Waals surface area contributed by atoms with Crippen molar-refractivity contribution in [2.45, 2.75) is 76.6 Å². The summed E-state index contributed by atoms with van der Waals surface area (Å²) in [6.45, 7) is -0.711. The van der Waals surface area contributed by atoms with Gasteiger partial charge in [0.1, 0.15) is 6.61 Å². The second-order valence-corrected chi connectivity index (χ2v) is 9.05. The summed E-state index contributed by atoms with van der Waals surface area (Å²) in [5.74, 6) is -0.942. The molecule has 0 aliphatic rings. The quantitative estimate of drug-likeness (QED) is 0.107. The van der Waals surface area contributed by atoms with Crippen molar-refractivity contribution >= 4 is 0 Å². The number of hydrogen-bond acceptors (Lipinski definition) is 7. The number of aromatic nitrogens is 2. The Kier molecular flexibility index (Phi) is 13.7. The van der Waals surface area contributed by atoms with Gasteiger partial charge in [-0.2, -0.15) is 26.3 Å². The molecule has 0 saturated carbocycles. The molecule has 1 aromatic heterocycles. The van der Waals surface area contributed by atoms with Crippen LogP contribution in [0.4, 0.5) is 43.9 Å². The molecule has 17 heteroatoms. The lowest BCUT2D eigenvalue weighted by Gasteiger charge is -2.29. The maximum absolute atomic E-state index is 15.0. The summed E-state index contributed by atoms with van der Waals surface area (Å²) < 4.78 is 150. The summed E-state index contributed by atoms with van der Waals surface area (Å²) in [4.78, 5) is 8.12. The van der Waals surface area contributed by atoms with Crippen LogP contribution in [0.2, 0.25) is 0 Å². The van der Waals surface area contributed by atoms with Crippen molar-refractivity contribution in [1.82, 2.24) is 9.97 Å². The van der Waals surface area contributed by atoms with Gasteiger partial charge in [-0.15, -0.1) is 13.2 Å². The number of nitrogens with zero attached hydrogens (tertiary/aromatic N) is 2. The second-order valence-electron chi connectivity index (χ2n) is 9.05. The fourth-order valence-electron chi connectivity index (χ4n) is 3.46. The lowest BCUT2D eigenvalue weighted by Crippen LogP contribution is -2.51. The van der Waals surface area contributed by atoms with Gasteiger partial charge < -0.3 is 14.2 Å². The summed E-state index contributed by atoms with van der Waals surface area (Å²) in [5.41, 5.74) is 0.289. The Hall–Kier alpha value is -2.92. The SMILES string of the molecule is CCCCCCCCOc1cc(-c2ncccn2)cc(F)c1OCCCOCC(F)(F)OC(F)(F)C(F)(F)OC(F)(F)F. The van der Waals surface area contributed by atoms with E-state index in [-0.39, 0.29) is 42.5 Å². The molecule has 0 saturated heterocycles. The predicted molar refractivity (Wildman–Crippen MR) is 130 cm³/mol. The van der Waals surface area contributed by atoms with Crippen molar-refractivity contribution in [3.8, 4) is 22.9 Å². The summed E-state index contributed by atoms with van der Waals surface area (Å²) in [5, 5.41) is 0. The molecule has 2 aromatic rings. The van der Waals surface area contributed by atoms with E-state index in [1.54, 1.807) is 6.07 Å². The van der Waals surface area contributed by atoms with E-state index in [2.05, 4.69) is 26.4 Å². The molecule has 0 radical (unpaired) electrons. The first-order chi connectivity index (χ1) is 20.1. The first kappa shape index (κ1) is 36.3. The van der Waals surface area contributed by atoms with Crippen molar-refractivity contribution in [3.05, 3.63) is 36.4 Å². The van der Waals surface area contributed by atoms with E-state index in [1.807, 2.05) is 4.74 Å². The van der Waals surface area contributed by atoms with Crippen molar-refractivity contribution in [1.29, 1.82) is 0 Å². The third-order valence-corrected chi connectivity index (χ3v) is 5.40. The van der Waals surface area contributed by atoms with E-state index >= 15 is 0 Å². The van der Waals surface area contributed by atoms with Crippen LogP contribution in [0.3, 0.4) is 0 Å². The van der Waals surface area contributed by atoms with Gasteiger partial charge in [0.2, 0.25) is 0 Å². The zero-order chi connectivity index (χ0) is 32.2. The topological polar surface area (TPSA) is 71.9 Å². The Morgan fingerprint density at radius 2 is 1.30 bits per heavy atom. The van der Waals surface area contributed by atoms with Crippen LogP contribution in [-0.2, 0) is 14.2 Å². The van der Waals surface area contributed by atoms with Crippen LogP contribution >= 0.6 is 0 Å². The lowest BCUT2D eigenvalue weighted by molar-refractivity contribution is -0.530. The van der Waals surface area contributed by atoms with E-state index in [4.69, 9.17) is 9.47 Å². The molecule has 2 rings (SSSR count). The Labute approximate surface area is 240 Å². The molecule has 0 aliphatic heterocycles. The number of unbranched alkanes of at least 4 members (excludes halogenated alkanes) is 5. The normalized spacial score (nSPS) is 12.9.